The van der Waals surface area contributed by atoms with E-state index in [0.717, 1.165) is 22.6 Å². The number of nitrogens with zero attached hydrogens (tertiary/aromatic N) is 3. The Bertz CT molecular complexity index is 3280. The van der Waals surface area contributed by atoms with Crippen molar-refractivity contribution in [2.24, 2.45) is 0 Å². The van der Waals surface area contributed by atoms with Crippen molar-refractivity contribution < 1.29 is 0 Å². The quantitative estimate of drug-likeness (QED) is 0.176. The van der Waals surface area contributed by atoms with Gasteiger partial charge in [-0.05, 0) is 105 Å². The highest BCUT2D eigenvalue weighted by Gasteiger charge is 2.36. The van der Waals surface area contributed by atoms with Crippen LogP contribution in [0.15, 0.2) is 175 Å². The zero-order valence-corrected chi connectivity index (χ0v) is 31.8. The van der Waals surface area contributed by atoms with Crippen molar-refractivity contribution in [3.05, 3.63) is 186 Å². The summed E-state index contributed by atoms with van der Waals surface area (Å²) in [5, 5.41) is 5.04. The highest BCUT2D eigenvalue weighted by molar-refractivity contribution is 7.18. The van der Waals surface area contributed by atoms with Gasteiger partial charge in [0.1, 0.15) is 0 Å². The Morgan fingerprint density at radius 1 is 0.500 bits per heavy atom. The second-order valence-corrected chi connectivity index (χ2v) is 16.5. The number of anilines is 3. The van der Waals surface area contributed by atoms with Gasteiger partial charge in [-0.25, -0.2) is 4.98 Å². The van der Waals surface area contributed by atoms with Crippen LogP contribution in [0, 0.1) is 0 Å². The number of aromatic nitrogens is 2. The van der Waals surface area contributed by atoms with Crippen LogP contribution >= 0.6 is 11.3 Å². The smallest absolute Gasteiger partial charge is 0.0826 e. The molecule has 0 atom stereocenters. The average molecular weight is 734 g/mol. The fourth-order valence-electron chi connectivity index (χ4n) is 9.62. The number of para-hydroxylation sites is 1. The number of benzene rings is 8. The van der Waals surface area contributed by atoms with E-state index in [2.05, 4.69) is 193 Å². The third-order valence-corrected chi connectivity index (χ3v) is 13.1. The predicted octanol–water partition coefficient (Wildman–Crippen LogP) is 14.6. The molecule has 3 aromatic heterocycles. The molecule has 3 heterocycles. The molecular weight excluding hydrogens is 699 g/mol. The van der Waals surface area contributed by atoms with Crippen molar-refractivity contribution in [1.82, 2.24) is 9.38 Å². The molecule has 0 amide bonds. The molecule has 3 nitrogen and oxygen atoms in total. The zero-order valence-electron chi connectivity index (χ0n) is 31.0. The molecule has 0 N–H and O–H groups in total. The van der Waals surface area contributed by atoms with Crippen LogP contribution in [0.5, 0.6) is 0 Å². The van der Waals surface area contributed by atoms with E-state index >= 15 is 0 Å². The SMILES string of the molecule is CC1(C)c2ccccc2-c2ccc(N(c3cc(-c4ccccc4)cc(-c4ccccc4)c3)c3ccc4c(c3)c3cc5ncsc5c5c6ccccc6n4c35)cc21. The summed E-state index contributed by atoms with van der Waals surface area (Å²) in [6, 6.07) is 62.8. The summed E-state index contributed by atoms with van der Waals surface area (Å²) in [6.07, 6.45) is 0. The van der Waals surface area contributed by atoms with E-state index in [0.29, 0.717) is 0 Å². The Morgan fingerprint density at radius 2 is 1.14 bits per heavy atom. The van der Waals surface area contributed by atoms with Gasteiger partial charge >= 0.3 is 0 Å². The second-order valence-electron chi connectivity index (χ2n) is 15.6. The van der Waals surface area contributed by atoms with Crippen LogP contribution in [-0.4, -0.2) is 9.38 Å². The van der Waals surface area contributed by atoms with E-state index in [4.69, 9.17) is 4.98 Å². The maximum absolute atomic E-state index is 4.85. The van der Waals surface area contributed by atoms with Gasteiger partial charge in [0.25, 0.3) is 0 Å². The number of fused-ring (bicyclic) bond motifs is 11. The standard InChI is InChI=1S/C52H35N3S/c1-52(2)44-19-11-9-17-39(44)40-23-21-37(29-45(40)52)54(38-26-34(32-13-5-3-6-14-32)25-35(27-38)33-15-7-4-8-16-33)36-22-24-48-42(28-36)43-30-46-51(56-31-53-46)49-41-18-10-12-20-47(41)55(48)50(43)49/h3-31H,1-2H3. The molecular formula is C52H35N3S. The van der Waals surface area contributed by atoms with E-state index < -0.39 is 0 Å². The van der Waals surface area contributed by atoms with Crippen LogP contribution in [0.3, 0.4) is 0 Å². The summed E-state index contributed by atoms with van der Waals surface area (Å²) in [7, 11) is 0. The summed E-state index contributed by atoms with van der Waals surface area (Å²) in [4.78, 5) is 7.33. The topological polar surface area (TPSA) is 20.5 Å². The number of rotatable bonds is 5. The summed E-state index contributed by atoms with van der Waals surface area (Å²) >= 11 is 1.73. The van der Waals surface area contributed by atoms with Gasteiger partial charge in [0.05, 0.1) is 32.3 Å². The van der Waals surface area contributed by atoms with Crippen LogP contribution < -0.4 is 4.90 Å². The minimum absolute atomic E-state index is 0.133. The van der Waals surface area contributed by atoms with Gasteiger partial charge in [0, 0.05) is 44.0 Å². The van der Waals surface area contributed by atoms with Gasteiger partial charge in [-0.15, -0.1) is 11.3 Å². The highest BCUT2D eigenvalue weighted by Crippen LogP contribution is 2.52. The van der Waals surface area contributed by atoms with Crippen molar-refractivity contribution in [3.8, 4) is 33.4 Å². The van der Waals surface area contributed by atoms with Crippen molar-refractivity contribution in [1.29, 1.82) is 0 Å². The molecule has 0 radical (unpaired) electrons. The Kier molecular flexibility index (Phi) is 6.56. The minimum Gasteiger partial charge on any atom is -0.310 e. The largest absolute Gasteiger partial charge is 0.310 e. The first-order valence-corrected chi connectivity index (χ1v) is 20.2. The molecule has 11 aromatic rings. The summed E-state index contributed by atoms with van der Waals surface area (Å²) in [5.74, 6) is 0. The third kappa shape index (κ3) is 4.42. The van der Waals surface area contributed by atoms with Crippen LogP contribution in [0.4, 0.5) is 17.1 Å². The number of hydrogen-bond donors (Lipinski definition) is 0. The number of thiazole rings is 1. The predicted molar refractivity (Wildman–Crippen MR) is 237 cm³/mol. The van der Waals surface area contributed by atoms with E-state index in [1.165, 1.54) is 87.3 Å². The Morgan fingerprint density at radius 3 is 1.93 bits per heavy atom. The Labute approximate surface area is 328 Å². The molecule has 1 aliphatic carbocycles. The molecule has 12 rings (SSSR count). The van der Waals surface area contributed by atoms with Gasteiger partial charge in [0.2, 0.25) is 0 Å². The number of hydrogen-bond acceptors (Lipinski definition) is 3. The molecule has 8 aromatic carbocycles. The fourth-order valence-corrected chi connectivity index (χ4v) is 10.4. The van der Waals surface area contributed by atoms with Gasteiger partial charge in [-0.1, -0.05) is 123 Å². The summed E-state index contributed by atoms with van der Waals surface area (Å²) < 4.78 is 3.72. The van der Waals surface area contributed by atoms with Crippen LogP contribution in [0.2, 0.25) is 0 Å². The lowest BCUT2D eigenvalue weighted by molar-refractivity contribution is 0.660. The van der Waals surface area contributed by atoms with Gasteiger partial charge in [-0.3, -0.25) is 0 Å². The van der Waals surface area contributed by atoms with Crippen LogP contribution in [-0.2, 0) is 5.41 Å². The van der Waals surface area contributed by atoms with E-state index in [-0.39, 0.29) is 5.41 Å². The van der Waals surface area contributed by atoms with E-state index in [1.54, 1.807) is 11.3 Å². The lowest BCUT2D eigenvalue weighted by Crippen LogP contribution is -2.16. The molecule has 0 aliphatic heterocycles. The van der Waals surface area contributed by atoms with Gasteiger partial charge in [0.15, 0.2) is 0 Å². The zero-order chi connectivity index (χ0) is 37.1. The molecule has 0 spiro atoms. The van der Waals surface area contributed by atoms with Crippen molar-refractivity contribution in [2.45, 2.75) is 19.3 Å². The van der Waals surface area contributed by atoms with Crippen molar-refractivity contribution in [3.63, 3.8) is 0 Å². The Balaban J connectivity index is 1.15. The Hall–Kier alpha value is -6.75. The molecule has 0 fully saturated rings. The maximum atomic E-state index is 4.85. The van der Waals surface area contributed by atoms with Gasteiger partial charge < -0.3 is 9.30 Å². The maximum Gasteiger partial charge on any atom is 0.0826 e. The summed E-state index contributed by atoms with van der Waals surface area (Å²) in [5.41, 5.74) is 20.1. The monoisotopic (exact) mass is 733 g/mol. The van der Waals surface area contributed by atoms with Crippen molar-refractivity contribution >= 4 is 76.7 Å². The lowest BCUT2D eigenvalue weighted by Gasteiger charge is -2.29. The first-order chi connectivity index (χ1) is 27.5. The molecule has 56 heavy (non-hydrogen) atoms. The first kappa shape index (κ1) is 31.6. The normalized spacial score (nSPS) is 13.3. The molecule has 0 saturated carbocycles. The molecule has 1 aliphatic rings. The van der Waals surface area contributed by atoms with E-state index in [1.807, 2.05) is 5.51 Å². The average Bonchev–Trinajstić information content (AvgIpc) is 4.00. The van der Waals surface area contributed by atoms with Crippen molar-refractivity contribution in [2.75, 3.05) is 4.90 Å². The van der Waals surface area contributed by atoms with Crippen LogP contribution in [0.1, 0.15) is 25.0 Å². The molecule has 4 heteroatoms. The lowest BCUT2D eigenvalue weighted by atomic mass is 9.82. The van der Waals surface area contributed by atoms with Gasteiger partial charge in [-0.2, -0.15) is 0 Å². The summed E-state index contributed by atoms with van der Waals surface area (Å²) in [6.45, 7) is 4.73. The highest BCUT2D eigenvalue weighted by atomic mass is 32.1. The molecule has 0 unspecified atom stereocenters. The molecule has 0 saturated heterocycles. The molecule has 264 valence electrons. The van der Waals surface area contributed by atoms with Crippen LogP contribution in [0.25, 0.3) is 81.7 Å². The van der Waals surface area contributed by atoms with E-state index in [9.17, 15) is 0 Å². The molecule has 0 bridgehead atoms. The first-order valence-electron chi connectivity index (χ1n) is 19.3. The second kappa shape index (κ2) is 11.6. The third-order valence-electron chi connectivity index (χ3n) is 12.2. The minimum atomic E-state index is -0.133. The fraction of sp³-hybridized carbons (Fsp3) is 0.0577.